The highest BCUT2D eigenvalue weighted by molar-refractivity contribution is 7.91. The number of benzene rings is 2. The van der Waals surface area contributed by atoms with Gasteiger partial charge in [-0.2, -0.15) is 0 Å². The number of fused-ring (bicyclic) bond motifs is 2. The van der Waals surface area contributed by atoms with Crippen molar-refractivity contribution in [2.24, 2.45) is 5.92 Å². The molecule has 5 aliphatic rings. The molecule has 2 saturated carbocycles. The quantitative estimate of drug-likeness (QED) is 0.169. The highest BCUT2D eigenvalue weighted by Gasteiger charge is 2.62. The first kappa shape index (κ1) is 42.6. The Labute approximate surface area is 347 Å². The number of sulfonamides is 1. The molecular weight excluding hydrogens is 801 g/mol. The molecule has 0 bridgehead atoms. The molecule has 322 valence electrons. The summed E-state index contributed by atoms with van der Waals surface area (Å²) in [5, 5.41) is 10.2. The van der Waals surface area contributed by atoms with Crippen LogP contribution in [0.25, 0.3) is 0 Å². The van der Waals surface area contributed by atoms with E-state index < -0.39 is 93.3 Å². The van der Waals surface area contributed by atoms with Crippen molar-refractivity contribution >= 4 is 57.2 Å². The zero-order valence-corrected chi connectivity index (χ0v) is 34.2. The van der Waals surface area contributed by atoms with Gasteiger partial charge in [0.05, 0.1) is 35.3 Å². The number of carbonyl (C=O) groups is 6. The monoisotopic (exact) mass is 850 g/mol. The first-order valence-electron chi connectivity index (χ1n) is 20.3. The Bertz CT molecular complexity index is 2140. The zero-order chi connectivity index (χ0) is 42.6. The number of hydrogen-bond donors (Lipinski definition) is 5. The molecule has 0 unspecified atom stereocenters. The van der Waals surface area contributed by atoms with Gasteiger partial charge in [0.25, 0.3) is 5.91 Å². The molecule has 3 aliphatic heterocycles. The first-order chi connectivity index (χ1) is 28.8. The Morgan fingerprint density at radius 2 is 1.68 bits per heavy atom. The third-order valence-corrected chi connectivity index (χ3v) is 13.0. The van der Waals surface area contributed by atoms with Crippen LogP contribution >= 0.6 is 0 Å². The smallest absolute Gasteiger partial charge is 0.411 e. The van der Waals surface area contributed by atoms with Gasteiger partial charge in [-0.05, 0) is 70.6 Å². The van der Waals surface area contributed by atoms with Gasteiger partial charge in [-0.1, -0.05) is 55.3 Å². The van der Waals surface area contributed by atoms with E-state index in [4.69, 9.17) is 18.9 Å². The molecule has 2 saturated heterocycles. The SMILES string of the molecule is CCOC(=O)c1ccccc1NC(=O)O[C@@H]1C[C@H]2C(=O)N[C@]3(C(=O)NS(=O)(=O)C4CC4)C[C@H]3/C=C\CCCCC[C@H](NC(=O)Nc3ccccc3C3OC(C)O3)C(=O)N2C1. The van der Waals surface area contributed by atoms with Crippen molar-refractivity contribution in [1.82, 2.24) is 20.3 Å². The van der Waals surface area contributed by atoms with E-state index in [0.717, 1.165) is 6.42 Å². The lowest BCUT2D eigenvalue weighted by molar-refractivity contribution is -0.382. The Balaban J connectivity index is 1.13. The van der Waals surface area contributed by atoms with Gasteiger partial charge in [0.15, 0.2) is 12.6 Å². The molecule has 19 heteroatoms. The number of hydrogen-bond acceptors (Lipinski definition) is 12. The summed E-state index contributed by atoms with van der Waals surface area (Å²) >= 11 is 0. The van der Waals surface area contributed by atoms with Crippen molar-refractivity contribution in [1.29, 1.82) is 0 Å². The maximum Gasteiger partial charge on any atom is 0.411 e. The van der Waals surface area contributed by atoms with Crippen LogP contribution in [0.1, 0.15) is 93.8 Å². The first-order valence-corrected chi connectivity index (χ1v) is 21.9. The van der Waals surface area contributed by atoms with Gasteiger partial charge in [-0.3, -0.25) is 24.4 Å². The van der Waals surface area contributed by atoms with E-state index in [-0.39, 0.29) is 43.7 Å². The Hall–Kier alpha value is -5.53. The highest BCUT2D eigenvalue weighted by atomic mass is 32.2. The van der Waals surface area contributed by atoms with Crippen LogP contribution in [0, 0.1) is 5.92 Å². The van der Waals surface area contributed by atoms with Crippen LogP contribution in [0.4, 0.5) is 21.0 Å². The van der Waals surface area contributed by atoms with Gasteiger partial charge < -0.3 is 39.8 Å². The molecule has 0 spiro atoms. The number of carbonyl (C=O) groups excluding carboxylic acids is 6. The van der Waals surface area contributed by atoms with Crippen LogP contribution in [0.15, 0.2) is 60.7 Å². The van der Waals surface area contributed by atoms with E-state index in [1.807, 2.05) is 6.08 Å². The van der Waals surface area contributed by atoms with E-state index >= 15 is 0 Å². The molecule has 2 aromatic rings. The fraction of sp³-hybridized carbons (Fsp3) is 0.512. The molecule has 6 amide bonds. The lowest BCUT2D eigenvalue weighted by atomic mass is 10.0. The molecule has 4 fully saturated rings. The normalized spacial score (nSPS) is 28.5. The van der Waals surface area contributed by atoms with E-state index in [9.17, 15) is 37.2 Å². The van der Waals surface area contributed by atoms with Gasteiger partial charge >= 0.3 is 18.1 Å². The number of nitrogens with zero attached hydrogens (tertiary/aromatic N) is 1. The predicted molar refractivity (Wildman–Crippen MR) is 214 cm³/mol. The van der Waals surface area contributed by atoms with Crippen molar-refractivity contribution in [2.45, 2.75) is 113 Å². The maximum absolute atomic E-state index is 14.6. The summed E-state index contributed by atoms with van der Waals surface area (Å²) in [7, 11) is -3.96. The number of para-hydroxylation sites is 2. The Kier molecular flexibility index (Phi) is 12.8. The lowest BCUT2D eigenvalue weighted by Gasteiger charge is -2.35. The van der Waals surface area contributed by atoms with Gasteiger partial charge in [0.1, 0.15) is 23.7 Å². The van der Waals surface area contributed by atoms with E-state index in [2.05, 4.69) is 26.0 Å². The average Bonchev–Trinajstić information content (AvgIpc) is 4.13. The van der Waals surface area contributed by atoms with Crippen molar-refractivity contribution < 1.29 is 56.1 Å². The third-order valence-electron chi connectivity index (χ3n) is 11.2. The molecule has 0 aromatic heterocycles. The maximum atomic E-state index is 14.6. The molecule has 5 atom stereocenters. The number of amides is 6. The number of anilines is 2. The van der Waals surface area contributed by atoms with Crippen LogP contribution in [-0.4, -0.2) is 97.6 Å². The second kappa shape index (κ2) is 18.0. The standard InChI is InChI=1S/C41H50N6O12S/c1-3-56-36(50)28-14-9-11-16-30(28)44-40(53)59-26-21-33-34(48)45-41(38(51)46-60(54,55)27-19-20-27)22-25(41)13-7-5-4-6-8-18-32(35(49)47(33)23-26)43-39(52)42-31-17-12-10-15-29(31)37-57-24(2)58-37/h7,9-17,24-27,32-33,37H,3-6,8,18-23H2,1-2H3,(H,44,53)(H,45,48)(H,46,51)(H2,42,43,52)/b13-7-/t24?,25-,26-,32+,33+,37?,41-/m1/s1. The van der Waals surface area contributed by atoms with E-state index in [0.29, 0.717) is 43.4 Å². The van der Waals surface area contributed by atoms with Gasteiger partial charge in [0, 0.05) is 17.9 Å². The summed E-state index contributed by atoms with van der Waals surface area (Å²) in [5.74, 6) is -3.44. The molecule has 60 heavy (non-hydrogen) atoms. The van der Waals surface area contributed by atoms with Crippen molar-refractivity contribution in [3.05, 3.63) is 71.8 Å². The number of rotatable bonds is 10. The van der Waals surface area contributed by atoms with E-state index in [1.54, 1.807) is 56.3 Å². The molecule has 2 aliphatic carbocycles. The molecule has 18 nitrogen and oxygen atoms in total. The van der Waals surface area contributed by atoms with E-state index in [1.165, 1.54) is 17.0 Å². The minimum atomic E-state index is -3.96. The number of nitrogens with one attached hydrogen (secondary N) is 5. The Morgan fingerprint density at radius 3 is 2.42 bits per heavy atom. The summed E-state index contributed by atoms with van der Waals surface area (Å²) in [6, 6.07) is 9.94. The van der Waals surface area contributed by atoms with Crippen LogP contribution in [0.2, 0.25) is 0 Å². The summed E-state index contributed by atoms with van der Waals surface area (Å²) < 4.78 is 50.0. The van der Waals surface area contributed by atoms with Crippen molar-refractivity contribution in [3.8, 4) is 0 Å². The number of ether oxygens (including phenoxy) is 4. The summed E-state index contributed by atoms with van der Waals surface area (Å²) in [6.45, 7) is 3.23. The van der Waals surface area contributed by atoms with Crippen LogP contribution in [0.3, 0.4) is 0 Å². The molecule has 3 heterocycles. The molecule has 2 aromatic carbocycles. The fourth-order valence-electron chi connectivity index (χ4n) is 7.76. The minimum absolute atomic E-state index is 0.0855. The Morgan fingerprint density at radius 1 is 0.950 bits per heavy atom. The van der Waals surface area contributed by atoms with Crippen LogP contribution in [0.5, 0.6) is 0 Å². The van der Waals surface area contributed by atoms with Crippen LogP contribution < -0.4 is 26.0 Å². The lowest BCUT2D eigenvalue weighted by Crippen LogP contribution is -2.58. The second-order valence-electron chi connectivity index (χ2n) is 15.6. The molecule has 7 rings (SSSR count). The summed E-state index contributed by atoms with van der Waals surface area (Å²) in [4.78, 5) is 83.4. The van der Waals surface area contributed by atoms with Crippen molar-refractivity contribution in [3.63, 3.8) is 0 Å². The fourth-order valence-corrected chi connectivity index (χ4v) is 9.12. The highest BCUT2D eigenvalue weighted by Crippen LogP contribution is 2.46. The topological polar surface area (TPSA) is 237 Å². The van der Waals surface area contributed by atoms with Crippen molar-refractivity contribution in [2.75, 3.05) is 23.8 Å². The molecule has 5 N–H and O–H groups in total. The minimum Gasteiger partial charge on any atom is -0.462 e. The largest absolute Gasteiger partial charge is 0.462 e. The second-order valence-corrected chi connectivity index (χ2v) is 17.5. The summed E-state index contributed by atoms with van der Waals surface area (Å²) in [6.07, 6.45) is 4.15. The third kappa shape index (κ3) is 9.74. The molecular formula is C41H50N6O12S. The summed E-state index contributed by atoms with van der Waals surface area (Å²) in [5.41, 5.74) is -0.424. The van der Waals surface area contributed by atoms with Gasteiger partial charge in [-0.15, -0.1) is 0 Å². The average molecular weight is 851 g/mol. The number of allylic oxidation sites excluding steroid dienone is 1. The number of urea groups is 1. The van der Waals surface area contributed by atoms with Gasteiger partial charge in [0.2, 0.25) is 21.8 Å². The molecule has 0 radical (unpaired) electrons. The number of esters is 1. The van der Waals surface area contributed by atoms with Gasteiger partial charge in [-0.25, -0.2) is 22.8 Å². The zero-order valence-electron chi connectivity index (χ0n) is 33.3. The van der Waals surface area contributed by atoms with Crippen LogP contribution in [-0.2, 0) is 43.4 Å². The predicted octanol–water partition coefficient (Wildman–Crippen LogP) is 3.97.